The third kappa shape index (κ3) is 6.21. The largest absolute Gasteiger partial charge is 0.357 e. The Bertz CT molecular complexity index is 398. The number of hydrogen-bond acceptors (Lipinski definition) is 2. The molecule has 2 N–H and O–H groups in total. The summed E-state index contributed by atoms with van der Waals surface area (Å²) in [5.41, 5.74) is 0. The van der Waals surface area contributed by atoms with E-state index >= 15 is 0 Å². The maximum atomic E-state index is 4.95. The fraction of sp³-hybridized carbons (Fsp3) is 0.842. The number of nitrogens with zero attached hydrogens (tertiary/aromatic N) is 2. The highest BCUT2D eigenvalue weighted by Gasteiger charge is 2.41. The molecule has 0 radical (unpaired) electrons. The minimum atomic E-state index is 0. The van der Waals surface area contributed by atoms with E-state index < -0.39 is 0 Å². The van der Waals surface area contributed by atoms with Crippen molar-refractivity contribution >= 4 is 29.9 Å². The molecule has 0 amide bonds. The van der Waals surface area contributed by atoms with Gasteiger partial charge in [0.15, 0.2) is 5.96 Å². The summed E-state index contributed by atoms with van der Waals surface area (Å²) in [6, 6.07) is 0.564. The van der Waals surface area contributed by atoms with Crippen LogP contribution < -0.4 is 10.6 Å². The molecule has 2 saturated carbocycles. The Balaban J connectivity index is 0.00000208. The summed E-state index contributed by atoms with van der Waals surface area (Å²) in [6.07, 6.45) is 10.2. The average Bonchev–Trinajstić information content (AvgIpc) is 3.44. The molecule has 0 atom stereocenters. The molecule has 2 aliphatic carbocycles. The van der Waals surface area contributed by atoms with Crippen LogP contribution >= 0.6 is 24.0 Å². The highest BCUT2D eigenvalue weighted by atomic mass is 127. The number of guanidine groups is 1. The zero-order chi connectivity index (χ0) is 16.1. The van der Waals surface area contributed by atoms with Crippen LogP contribution in [0.3, 0.4) is 0 Å². The molecule has 0 unspecified atom stereocenters. The summed E-state index contributed by atoms with van der Waals surface area (Å²) >= 11 is 0. The Morgan fingerprint density at radius 1 is 1.17 bits per heavy atom. The quantitative estimate of drug-likeness (QED) is 0.260. The number of halogens is 1. The zero-order valence-corrected chi connectivity index (χ0v) is 17.5. The molecule has 4 nitrogen and oxygen atoms in total. The van der Waals surface area contributed by atoms with Gasteiger partial charge in [-0.3, -0.25) is 9.89 Å². The van der Waals surface area contributed by atoms with E-state index in [9.17, 15) is 0 Å². The van der Waals surface area contributed by atoms with Crippen LogP contribution in [-0.4, -0.2) is 49.6 Å². The first-order valence-corrected chi connectivity index (χ1v) is 9.68. The number of likely N-dealkylation sites (tertiary alicyclic amines) is 1. The van der Waals surface area contributed by atoms with Gasteiger partial charge in [-0.2, -0.15) is 0 Å². The molecule has 1 saturated heterocycles. The van der Waals surface area contributed by atoms with Crippen LogP contribution in [0.5, 0.6) is 0 Å². The van der Waals surface area contributed by atoms with Crippen LogP contribution in [0, 0.1) is 17.8 Å². The summed E-state index contributed by atoms with van der Waals surface area (Å²) in [5.74, 6) is 3.87. The van der Waals surface area contributed by atoms with Crippen LogP contribution in [0.4, 0.5) is 0 Å². The predicted molar refractivity (Wildman–Crippen MR) is 113 cm³/mol. The molecular weight excluding hydrogens is 411 g/mol. The molecule has 0 aromatic carbocycles. The molecule has 0 bridgehead atoms. The van der Waals surface area contributed by atoms with Gasteiger partial charge in [0, 0.05) is 38.8 Å². The molecule has 1 aliphatic heterocycles. The van der Waals surface area contributed by atoms with Crippen molar-refractivity contribution in [1.29, 1.82) is 0 Å². The van der Waals surface area contributed by atoms with Gasteiger partial charge in [-0.1, -0.05) is 6.08 Å². The lowest BCUT2D eigenvalue weighted by atomic mass is 9.98. The third-order valence-corrected chi connectivity index (χ3v) is 5.58. The lowest BCUT2D eigenvalue weighted by Gasteiger charge is -2.32. The van der Waals surface area contributed by atoms with Crippen molar-refractivity contribution in [2.45, 2.75) is 51.5 Å². The first-order valence-electron chi connectivity index (χ1n) is 9.68. The molecule has 0 aromatic rings. The molecule has 1 heterocycles. The minimum absolute atomic E-state index is 0. The highest BCUT2D eigenvalue weighted by molar-refractivity contribution is 14.0. The Kier molecular flexibility index (Phi) is 8.34. The number of piperidine rings is 1. The second-order valence-corrected chi connectivity index (χ2v) is 7.57. The minimum Gasteiger partial charge on any atom is -0.357 e. The normalized spacial score (nSPS) is 23.0. The van der Waals surface area contributed by atoms with E-state index in [4.69, 9.17) is 4.99 Å². The standard InChI is InChI=1S/C19H34N4.HI/c1-3-11-23-12-9-17(10-13-23)22-19(20-4-2)21-14-18(15-5-6-15)16-7-8-16;/h3,15-18H,1,4-14H2,2H3,(H2,20,21,22);1H. The molecule has 0 spiro atoms. The highest BCUT2D eigenvalue weighted by Crippen LogP contribution is 2.49. The Labute approximate surface area is 164 Å². The van der Waals surface area contributed by atoms with Gasteiger partial charge in [-0.05, 0) is 63.2 Å². The Morgan fingerprint density at radius 3 is 2.29 bits per heavy atom. The second-order valence-electron chi connectivity index (χ2n) is 7.57. The molecule has 24 heavy (non-hydrogen) atoms. The summed E-state index contributed by atoms with van der Waals surface area (Å²) in [6.45, 7) is 11.3. The van der Waals surface area contributed by atoms with Crippen molar-refractivity contribution in [1.82, 2.24) is 15.5 Å². The number of aliphatic imine (C=N–C) groups is 1. The molecule has 138 valence electrons. The van der Waals surface area contributed by atoms with Gasteiger partial charge in [-0.25, -0.2) is 0 Å². The summed E-state index contributed by atoms with van der Waals surface area (Å²) in [7, 11) is 0. The van der Waals surface area contributed by atoms with E-state index in [2.05, 4.69) is 29.0 Å². The summed E-state index contributed by atoms with van der Waals surface area (Å²) in [5, 5.41) is 7.13. The van der Waals surface area contributed by atoms with Crippen molar-refractivity contribution in [3.8, 4) is 0 Å². The Hall–Kier alpha value is -0.300. The van der Waals surface area contributed by atoms with Crippen LogP contribution in [0.15, 0.2) is 17.6 Å². The van der Waals surface area contributed by atoms with Crippen molar-refractivity contribution in [3.05, 3.63) is 12.7 Å². The van der Waals surface area contributed by atoms with E-state index in [1.807, 2.05) is 6.08 Å². The van der Waals surface area contributed by atoms with E-state index in [1.54, 1.807) is 0 Å². The first kappa shape index (κ1) is 20.0. The van der Waals surface area contributed by atoms with Gasteiger partial charge in [0.25, 0.3) is 0 Å². The van der Waals surface area contributed by atoms with E-state index in [-0.39, 0.29) is 24.0 Å². The Morgan fingerprint density at radius 2 is 1.79 bits per heavy atom. The zero-order valence-electron chi connectivity index (χ0n) is 15.2. The SMILES string of the molecule is C=CCN1CCC(NC(=NCC(C2CC2)C2CC2)NCC)CC1.I. The monoisotopic (exact) mass is 446 g/mol. The molecular formula is C19H35IN4. The van der Waals surface area contributed by atoms with Crippen molar-refractivity contribution in [3.63, 3.8) is 0 Å². The van der Waals surface area contributed by atoms with Crippen LogP contribution in [0.1, 0.15) is 45.4 Å². The fourth-order valence-corrected chi connectivity index (χ4v) is 3.88. The van der Waals surface area contributed by atoms with E-state index in [1.165, 1.54) is 38.5 Å². The molecule has 3 aliphatic rings. The van der Waals surface area contributed by atoms with Gasteiger partial charge in [0.1, 0.15) is 0 Å². The summed E-state index contributed by atoms with van der Waals surface area (Å²) in [4.78, 5) is 7.43. The van der Waals surface area contributed by atoms with Crippen LogP contribution in [0.2, 0.25) is 0 Å². The van der Waals surface area contributed by atoms with E-state index in [0.717, 1.165) is 56.4 Å². The maximum Gasteiger partial charge on any atom is 0.191 e. The third-order valence-electron chi connectivity index (χ3n) is 5.58. The van der Waals surface area contributed by atoms with Gasteiger partial charge >= 0.3 is 0 Å². The van der Waals surface area contributed by atoms with E-state index in [0.29, 0.717) is 6.04 Å². The van der Waals surface area contributed by atoms with Gasteiger partial charge in [-0.15, -0.1) is 30.6 Å². The number of nitrogens with one attached hydrogen (secondary N) is 2. The average molecular weight is 446 g/mol. The van der Waals surface area contributed by atoms with Crippen molar-refractivity contribution < 1.29 is 0 Å². The smallest absolute Gasteiger partial charge is 0.191 e. The van der Waals surface area contributed by atoms with Gasteiger partial charge in [0.05, 0.1) is 0 Å². The van der Waals surface area contributed by atoms with Gasteiger partial charge in [0.2, 0.25) is 0 Å². The molecule has 3 rings (SSSR count). The molecule has 3 fully saturated rings. The van der Waals surface area contributed by atoms with Crippen molar-refractivity contribution in [2.24, 2.45) is 22.7 Å². The van der Waals surface area contributed by atoms with Crippen LogP contribution in [-0.2, 0) is 0 Å². The first-order chi connectivity index (χ1) is 11.3. The second kappa shape index (κ2) is 10.00. The number of rotatable bonds is 8. The van der Waals surface area contributed by atoms with Crippen molar-refractivity contribution in [2.75, 3.05) is 32.7 Å². The predicted octanol–water partition coefficient (Wildman–Crippen LogP) is 3.25. The summed E-state index contributed by atoms with van der Waals surface area (Å²) < 4.78 is 0. The fourth-order valence-electron chi connectivity index (χ4n) is 3.88. The topological polar surface area (TPSA) is 39.7 Å². The maximum absolute atomic E-state index is 4.95. The number of hydrogen-bond donors (Lipinski definition) is 2. The molecule has 0 aromatic heterocycles. The van der Waals surface area contributed by atoms with Gasteiger partial charge < -0.3 is 10.6 Å². The lowest BCUT2D eigenvalue weighted by molar-refractivity contribution is 0.225. The lowest BCUT2D eigenvalue weighted by Crippen LogP contribution is -2.48. The van der Waals surface area contributed by atoms with Crippen LogP contribution in [0.25, 0.3) is 0 Å². The molecule has 5 heteroatoms.